The van der Waals surface area contributed by atoms with E-state index < -0.39 is 0 Å². The van der Waals surface area contributed by atoms with Gasteiger partial charge >= 0.3 is 0 Å². The lowest BCUT2D eigenvalue weighted by Crippen LogP contribution is -2.35. The van der Waals surface area contributed by atoms with Crippen LogP contribution < -0.4 is 5.32 Å². The molecule has 5 heteroatoms. The van der Waals surface area contributed by atoms with Crippen LogP contribution in [0, 0.1) is 0 Å². The SMILES string of the molecule is C1CNC(CCON2CCCC2OCCN2CCCC2)C1. The van der Waals surface area contributed by atoms with E-state index in [0.717, 1.165) is 39.1 Å². The fraction of sp³-hybridized carbons (Fsp3) is 1.00. The van der Waals surface area contributed by atoms with E-state index in [4.69, 9.17) is 9.57 Å². The Hall–Kier alpha value is -0.200. The fourth-order valence-electron chi connectivity index (χ4n) is 3.66. The molecule has 0 aromatic heterocycles. The Bertz CT molecular complexity index is 263. The van der Waals surface area contributed by atoms with Crippen molar-refractivity contribution in [3.8, 4) is 0 Å². The third-order valence-corrected chi connectivity index (χ3v) is 4.95. The summed E-state index contributed by atoms with van der Waals surface area (Å²) in [5.74, 6) is 0. The summed E-state index contributed by atoms with van der Waals surface area (Å²) in [4.78, 5) is 8.46. The highest BCUT2D eigenvalue weighted by atomic mass is 16.7. The van der Waals surface area contributed by atoms with Gasteiger partial charge in [-0.3, -0.25) is 4.84 Å². The molecule has 2 unspecified atom stereocenters. The summed E-state index contributed by atoms with van der Waals surface area (Å²) in [5, 5.41) is 5.61. The van der Waals surface area contributed by atoms with Crippen LogP contribution in [0.2, 0.25) is 0 Å². The fourth-order valence-corrected chi connectivity index (χ4v) is 3.66. The molecule has 0 amide bonds. The predicted octanol–water partition coefficient (Wildman–Crippen LogP) is 1.59. The number of likely N-dealkylation sites (tertiary alicyclic amines) is 1. The summed E-state index contributed by atoms with van der Waals surface area (Å²) in [6.07, 6.45) is 8.94. The Labute approximate surface area is 128 Å². The molecule has 1 N–H and O–H groups in total. The Kier molecular flexibility index (Phi) is 6.30. The zero-order chi connectivity index (χ0) is 14.3. The molecular formula is C16H31N3O2. The highest BCUT2D eigenvalue weighted by molar-refractivity contribution is 4.74. The Morgan fingerprint density at radius 3 is 2.67 bits per heavy atom. The van der Waals surface area contributed by atoms with Gasteiger partial charge in [0.2, 0.25) is 0 Å². The van der Waals surface area contributed by atoms with Crippen LogP contribution in [0.1, 0.15) is 44.9 Å². The van der Waals surface area contributed by atoms with Crippen LogP contribution in [0.5, 0.6) is 0 Å². The Morgan fingerprint density at radius 1 is 0.952 bits per heavy atom. The highest BCUT2D eigenvalue weighted by Crippen LogP contribution is 2.19. The highest BCUT2D eigenvalue weighted by Gasteiger charge is 2.26. The summed E-state index contributed by atoms with van der Waals surface area (Å²) >= 11 is 0. The number of nitrogens with zero attached hydrogens (tertiary/aromatic N) is 2. The molecule has 5 nitrogen and oxygen atoms in total. The Balaban J connectivity index is 1.28. The van der Waals surface area contributed by atoms with Crippen molar-refractivity contribution >= 4 is 0 Å². The monoisotopic (exact) mass is 297 g/mol. The second kappa shape index (κ2) is 8.44. The number of hydrogen-bond donors (Lipinski definition) is 1. The van der Waals surface area contributed by atoms with Crippen LogP contribution >= 0.6 is 0 Å². The summed E-state index contributed by atoms with van der Waals surface area (Å²) in [5.41, 5.74) is 0. The van der Waals surface area contributed by atoms with Gasteiger partial charge in [0, 0.05) is 19.1 Å². The lowest BCUT2D eigenvalue weighted by Gasteiger charge is -2.25. The number of hydrogen-bond acceptors (Lipinski definition) is 5. The Morgan fingerprint density at radius 2 is 1.86 bits per heavy atom. The summed E-state index contributed by atoms with van der Waals surface area (Å²) in [6.45, 7) is 7.45. The van der Waals surface area contributed by atoms with E-state index in [-0.39, 0.29) is 6.23 Å². The van der Waals surface area contributed by atoms with Crippen LogP contribution in [0.3, 0.4) is 0 Å². The van der Waals surface area contributed by atoms with Crippen molar-refractivity contribution in [1.29, 1.82) is 0 Å². The lowest BCUT2D eigenvalue weighted by molar-refractivity contribution is -0.234. The third kappa shape index (κ3) is 4.89. The molecule has 3 rings (SSSR count). The van der Waals surface area contributed by atoms with Gasteiger partial charge in [-0.15, -0.1) is 0 Å². The topological polar surface area (TPSA) is 37.0 Å². The summed E-state index contributed by atoms with van der Waals surface area (Å²) in [6, 6.07) is 0.669. The number of nitrogens with one attached hydrogen (secondary N) is 1. The molecule has 0 radical (unpaired) electrons. The van der Waals surface area contributed by atoms with Gasteiger partial charge in [0.15, 0.2) is 0 Å². The van der Waals surface area contributed by atoms with Gasteiger partial charge in [0.25, 0.3) is 0 Å². The average Bonchev–Trinajstić information content (AvgIpc) is 3.21. The maximum Gasteiger partial charge on any atom is 0.133 e. The average molecular weight is 297 g/mol. The van der Waals surface area contributed by atoms with Crippen molar-refractivity contribution in [1.82, 2.24) is 15.3 Å². The second-order valence-corrected chi connectivity index (χ2v) is 6.57. The molecule has 3 aliphatic rings. The summed E-state index contributed by atoms with van der Waals surface area (Å²) in [7, 11) is 0. The quantitative estimate of drug-likeness (QED) is 0.736. The van der Waals surface area contributed by atoms with Gasteiger partial charge in [-0.2, -0.15) is 5.06 Å². The van der Waals surface area contributed by atoms with Gasteiger partial charge in [-0.25, -0.2) is 0 Å². The molecule has 122 valence electrons. The van der Waals surface area contributed by atoms with E-state index in [1.54, 1.807) is 0 Å². The number of ether oxygens (including phenoxy) is 1. The minimum absolute atomic E-state index is 0.184. The van der Waals surface area contributed by atoms with E-state index in [1.165, 1.54) is 51.7 Å². The normalized spacial score (nSPS) is 31.4. The molecule has 3 saturated heterocycles. The first-order valence-corrected chi connectivity index (χ1v) is 8.89. The molecule has 0 aliphatic carbocycles. The first kappa shape index (κ1) is 15.7. The zero-order valence-corrected chi connectivity index (χ0v) is 13.3. The molecule has 2 atom stereocenters. The third-order valence-electron chi connectivity index (χ3n) is 4.95. The van der Waals surface area contributed by atoms with E-state index in [9.17, 15) is 0 Å². The molecule has 0 aromatic rings. The molecule has 3 aliphatic heterocycles. The first-order valence-electron chi connectivity index (χ1n) is 8.89. The molecule has 0 bridgehead atoms. The van der Waals surface area contributed by atoms with Crippen molar-refractivity contribution in [2.24, 2.45) is 0 Å². The second-order valence-electron chi connectivity index (χ2n) is 6.57. The smallest absolute Gasteiger partial charge is 0.133 e. The molecule has 0 spiro atoms. The lowest BCUT2D eigenvalue weighted by atomic mass is 10.2. The minimum atomic E-state index is 0.184. The minimum Gasteiger partial charge on any atom is -0.360 e. The van der Waals surface area contributed by atoms with Crippen molar-refractivity contribution < 1.29 is 9.57 Å². The van der Waals surface area contributed by atoms with Crippen molar-refractivity contribution in [3.05, 3.63) is 0 Å². The molecular weight excluding hydrogens is 266 g/mol. The first-order chi connectivity index (χ1) is 10.4. The maximum atomic E-state index is 6.04. The van der Waals surface area contributed by atoms with E-state index in [0.29, 0.717) is 6.04 Å². The van der Waals surface area contributed by atoms with Crippen LogP contribution in [-0.4, -0.2) is 68.2 Å². The van der Waals surface area contributed by atoms with Crippen molar-refractivity contribution in [2.75, 3.05) is 45.9 Å². The number of hydroxylamine groups is 2. The molecule has 3 fully saturated rings. The van der Waals surface area contributed by atoms with Crippen LogP contribution in [0.4, 0.5) is 0 Å². The van der Waals surface area contributed by atoms with Crippen LogP contribution in [0.15, 0.2) is 0 Å². The summed E-state index contributed by atoms with van der Waals surface area (Å²) < 4.78 is 6.04. The van der Waals surface area contributed by atoms with Crippen LogP contribution in [-0.2, 0) is 9.57 Å². The van der Waals surface area contributed by atoms with E-state index >= 15 is 0 Å². The predicted molar refractivity (Wildman–Crippen MR) is 82.9 cm³/mol. The van der Waals surface area contributed by atoms with Crippen LogP contribution in [0.25, 0.3) is 0 Å². The van der Waals surface area contributed by atoms with E-state index in [1.807, 2.05) is 0 Å². The van der Waals surface area contributed by atoms with E-state index in [2.05, 4.69) is 15.3 Å². The molecule has 21 heavy (non-hydrogen) atoms. The van der Waals surface area contributed by atoms with Crippen molar-refractivity contribution in [2.45, 2.75) is 57.2 Å². The van der Waals surface area contributed by atoms with Gasteiger partial charge in [-0.05, 0) is 64.6 Å². The van der Waals surface area contributed by atoms with Gasteiger partial charge in [-0.1, -0.05) is 0 Å². The van der Waals surface area contributed by atoms with Gasteiger partial charge in [0.05, 0.1) is 13.2 Å². The van der Waals surface area contributed by atoms with Gasteiger partial charge in [0.1, 0.15) is 6.23 Å². The largest absolute Gasteiger partial charge is 0.360 e. The standard InChI is InChI=1S/C16H31N3O2/c1-2-10-18(9-1)12-14-20-16-6-4-11-19(16)21-13-7-15-5-3-8-17-15/h15-17H,1-14H2. The maximum absolute atomic E-state index is 6.04. The number of rotatable bonds is 8. The zero-order valence-electron chi connectivity index (χ0n) is 13.3. The molecule has 0 aromatic carbocycles. The molecule has 0 saturated carbocycles. The molecule has 3 heterocycles. The van der Waals surface area contributed by atoms with Crippen molar-refractivity contribution in [3.63, 3.8) is 0 Å². The van der Waals surface area contributed by atoms with Gasteiger partial charge < -0.3 is 15.0 Å².